The van der Waals surface area contributed by atoms with Gasteiger partial charge in [0, 0.05) is 6.61 Å². The molecule has 4 nitrogen and oxygen atoms in total. The van der Waals surface area contributed by atoms with Crippen molar-refractivity contribution in [2.45, 2.75) is 77.9 Å². The van der Waals surface area contributed by atoms with Crippen LogP contribution in [0.2, 0.25) is 0 Å². The number of rotatable bonds is 10. The highest BCUT2D eigenvalue weighted by atomic mass is 16.5. The lowest BCUT2D eigenvalue weighted by molar-refractivity contribution is -0.153. The average Bonchev–Trinajstić information content (AvgIpc) is 2.84. The van der Waals surface area contributed by atoms with Crippen molar-refractivity contribution in [3.8, 4) is 0 Å². The fourth-order valence-corrected chi connectivity index (χ4v) is 3.52. The van der Waals surface area contributed by atoms with E-state index in [-0.39, 0.29) is 5.97 Å². The van der Waals surface area contributed by atoms with E-state index >= 15 is 0 Å². The molecule has 0 aromatic carbocycles. The highest BCUT2D eigenvalue weighted by Gasteiger charge is 2.49. The second-order valence-corrected chi connectivity index (χ2v) is 6.07. The summed E-state index contributed by atoms with van der Waals surface area (Å²) in [5.74, 6) is 0.251. The Balaban J connectivity index is 2.58. The zero-order chi connectivity index (χ0) is 15.7. The van der Waals surface area contributed by atoms with Crippen molar-refractivity contribution < 1.29 is 14.3 Å². The Hall–Kier alpha value is -0.610. The highest BCUT2D eigenvalue weighted by Crippen LogP contribution is 2.39. The molecule has 1 fully saturated rings. The van der Waals surface area contributed by atoms with Gasteiger partial charge in [-0.2, -0.15) is 0 Å². The molecule has 0 aromatic heterocycles. The van der Waals surface area contributed by atoms with E-state index in [1.54, 1.807) is 0 Å². The summed E-state index contributed by atoms with van der Waals surface area (Å²) in [6.07, 6.45) is 6.54. The molecule has 0 bridgehead atoms. The van der Waals surface area contributed by atoms with Crippen LogP contribution in [0.5, 0.6) is 0 Å². The molecule has 0 aromatic rings. The van der Waals surface area contributed by atoms with Gasteiger partial charge in [-0.1, -0.05) is 26.7 Å². The maximum Gasteiger partial charge on any atom is 0.326 e. The molecule has 0 aliphatic heterocycles. The van der Waals surface area contributed by atoms with Crippen LogP contribution in [0, 0.1) is 5.92 Å². The van der Waals surface area contributed by atoms with Crippen LogP contribution in [0.15, 0.2) is 0 Å². The van der Waals surface area contributed by atoms with E-state index in [1.807, 2.05) is 6.92 Å². The van der Waals surface area contributed by atoms with Crippen LogP contribution >= 0.6 is 0 Å². The largest absolute Gasteiger partial charge is 0.465 e. The molecule has 1 rings (SSSR count). The van der Waals surface area contributed by atoms with E-state index in [0.29, 0.717) is 18.6 Å². The molecule has 1 saturated carbocycles. The highest BCUT2D eigenvalue weighted by molar-refractivity contribution is 5.81. The van der Waals surface area contributed by atoms with Crippen molar-refractivity contribution in [2.24, 2.45) is 5.92 Å². The second-order valence-electron chi connectivity index (χ2n) is 6.07. The zero-order valence-electron chi connectivity index (χ0n) is 14.2. The van der Waals surface area contributed by atoms with Gasteiger partial charge in [0.05, 0.1) is 12.7 Å². The van der Waals surface area contributed by atoms with Crippen molar-refractivity contribution in [1.29, 1.82) is 0 Å². The topological polar surface area (TPSA) is 47.6 Å². The lowest BCUT2D eigenvalue weighted by Gasteiger charge is -2.34. The molecule has 4 heteroatoms. The van der Waals surface area contributed by atoms with Crippen LogP contribution in [-0.4, -0.2) is 37.4 Å². The van der Waals surface area contributed by atoms with Gasteiger partial charge < -0.3 is 14.8 Å². The Morgan fingerprint density at radius 3 is 2.76 bits per heavy atom. The van der Waals surface area contributed by atoms with Gasteiger partial charge in [0.15, 0.2) is 0 Å². The molecular formula is C17H33NO3. The van der Waals surface area contributed by atoms with Gasteiger partial charge in [-0.05, 0) is 52.0 Å². The quantitative estimate of drug-likeness (QED) is 0.629. The van der Waals surface area contributed by atoms with E-state index in [1.165, 1.54) is 0 Å². The lowest BCUT2D eigenvalue weighted by atomic mass is 9.84. The lowest BCUT2D eigenvalue weighted by Crippen LogP contribution is -2.55. The van der Waals surface area contributed by atoms with E-state index in [2.05, 4.69) is 26.1 Å². The smallest absolute Gasteiger partial charge is 0.326 e. The molecule has 0 saturated heterocycles. The SMILES string of the molecule is CCCC(C)OCCC1CCCC1(NCC)C(=O)OCC. The van der Waals surface area contributed by atoms with Gasteiger partial charge in [0.2, 0.25) is 0 Å². The summed E-state index contributed by atoms with van der Waals surface area (Å²) in [4.78, 5) is 12.4. The van der Waals surface area contributed by atoms with Gasteiger partial charge in [0.25, 0.3) is 0 Å². The Morgan fingerprint density at radius 1 is 1.38 bits per heavy atom. The van der Waals surface area contributed by atoms with Crippen molar-refractivity contribution >= 4 is 5.97 Å². The number of ether oxygens (including phenoxy) is 2. The summed E-state index contributed by atoms with van der Waals surface area (Å²) >= 11 is 0. The minimum absolute atomic E-state index is 0.0732. The fourth-order valence-electron chi connectivity index (χ4n) is 3.52. The average molecular weight is 299 g/mol. The third-order valence-electron chi connectivity index (χ3n) is 4.52. The minimum atomic E-state index is -0.484. The Kier molecular flexibility index (Phi) is 8.27. The number of likely N-dealkylation sites (N-methyl/N-ethyl adjacent to an activating group) is 1. The summed E-state index contributed by atoms with van der Waals surface area (Å²) in [6, 6.07) is 0. The minimum Gasteiger partial charge on any atom is -0.465 e. The first-order valence-electron chi connectivity index (χ1n) is 8.64. The van der Waals surface area contributed by atoms with Crippen LogP contribution in [0.25, 0.3) is 0 Å². The Bertz CT molecular complexity index is 308. The van der Waals surface area contributed by atoms with E-state index in [0.717, 1.165) is 51.7 Å². The molecule has 3 unspecified atom stereocenters. The molecule has 3 atom stereocenters. The molecule has 124 valence electrons. The molecule has 0 spiro atoms. The Morgan fingerprint density at radius 2 is 2.14 bits per heavy atom. The standard InChI is InChI=1S/C17H33NO3/c1-5-9-14(4)21-13-11-15-10-8-12-17(15,18-6-2)16(19)20-7-3/h14-15,18H,5-13H2,1-4H3. The maximum absolute atomic E-state index is 12.4. The predicted molar refractivity (Wildman–Crippen MR) is 85.3 cm³/mol. The van der Waals surface area contributed by atoms with Crippen LogP contribution in [0.4, 0.5) is 0 Å². The van der Waals surface area contributed by atoms with Gasteiger partial charge >= 0.3 is 5.97 Å². The van der Waals surface area contributed by atoms with Crippen molar-refractivity contribution in [2.75, 3.05) is 19.8 Å². The molecule has 1 N–H and O–H groups in total. The van der Waals surface area contributed by atoms with Crippen molar-refractivity contribution in [3.05, 3.63) is 0 Å². The van der Waals surface area contributed by atoms with Crippen LogP contribution in [0.3, 0.4) is 0 Å². The monoisotopic (exact) mass is 299 g/mol. The number of nitrogens with one attached hydrogen (secondary N) is 1. The van der Waals surface area contributed by atoms with Crippen molar-refractivity contribution in [1.82, 2.24) is 5.32 Å². The van der Waals surface area contributed by atoms with E-state index < -0.39 is 5.54 Å². The van der Waals surface area contributed by atoms with Gasteiger partial charge in [0.1, 0.15) is 5.54 Å². The van der Waals surface area contributed by atoms with Gasteiger partial charge in [-0.25, -0.2) is 0 Å². The third kappa shape index (κ3) is 4.96. The fraction of sp³-hybridized carbons (Fsp3) is 0.941. The number of carbonyl (C=O) groups excluding carboxylic acids is 1. The first kappa shape index (κ1) is 18.4. The first-order valence-corrected chi connectivity index (χ1v) is 8.64. The number of hydrogen-bond acceptors (Lipinski definition) is 4. The molecule has 0 radical (unpaired) electrons. The number of esters is 1. The van der Waals surface area contributed by atoms with Crippen LogP contribution in [0.1, 0.15) is 66.2 Å². The predicted octanol–water partition coefficient (Wildman–Crippen LogP) is 3.29. The van der Waals surface area contributed by atoms with Gasteiger partial charge in [-0.15, -0.1) is 0 Å². The zero-order valence-corrected chi connectivity index (χ0v) is 14.2. The molecule has 1 aliphatic carbocycles. The summed E-state index contributed by atoms with van der Waals surface area (Å²) in [5.41, 5.74) is -0.484. The summed E-state index contributed by atoms with van der Waals surface area (Å²) in [6.45, 7) is 10.2. The molecule has 21 heavy (non-hydrogen) atoms. The first-order chi connectivity index (χ1) is 10.1. The third-order valence-corrected chi connectivity index (χ3v) is 4.52. The van der Waals surface area contributed by atoms with Crippen LogP contribution in [-0.2, 0) is 14.3 Å². The molecule has 1 aliphatic rings. The van der Waals surface area contributed by atoms with E-state index in [4.69, 9.17) is 9.47 Å². The molecule has 0 heterocycles. The van der Waals surface area contributed by atoms with Gasteiger partial charge in [-0.3, -0.25) is 4.79 Å². The number of hydrogen-bond donors (Lipinski definition) is 1. The summed E-state index contributed by atoms with van der Waals surface area (Å²) in [7, 11) is 0. The maximum atomic E-state index is 12.4. The molecule has 0 amide bonds. The second kappa shape index (κ2) is 9.42. The number of carbonyl (C=O) groups is 1. The van der Waals surface area contributed by atoms with Crippen molar-refractivity contribution in [3.63, 3.8) is 0 Å². The van der Waals surface area contributed by atoms with E-state index in [9.17, 15) is 4.79 Å². The molecular weight excluding hydrogens is 266 g/mol. The Labute approximate surface area is 130 Å². The normalized spacial score (nSPS) is 26.8. The summed E-state index contributed by atoms with van der Waals surface area (Å²) in [5, 5.41) is 3.43. The summed E-state index contributed by atoms with van der Waals surface area (Å²) < 4.78 is 11.2. The van der Waals surface area contributed by atoms with Crippen LogP contribution < -0.4 is 5.32 Å².